The number of nitrogens with zero attached hydrogens (tertiary/aromatic N) is 4. The zero-order chi connectivity index (χ0) is 25.0. The molecule has 37 heavy (non-hydrogen) atoms. The first-order valence-electron chi connectivity index (χ1n) is 11.9. The minimum Gasteiger partial charge on any atom is -0.256 e. The van der Waals surface area contributed by atoms with Crippen LogP contribution in [0.25, 0.3) is 56.5 Å². The van der Waals surface area contributed by atoms with E-state index >= 15 is 0 Å². The Morgan fingerprint density at radius 3 is 1.62 bits per heavy atom. The molecule has 0 saturated carbocycles. The largest absolute Gasteiger partial charge is 0.256 e. The highest BCUT2D eigenvalue weighted by Gasteiger charge is 2.13. The normalized spacial score (nSPS) is 10.8. The lowest BCUT2D eigenvalue weighted by Crippen LogP contribution is -2.00. The molecule has 6 rings (SSSR count). The molecule has 0 aliphatic carbocycles. The molecule has 0 aliphatic heterocycles. The van der Waals surface area contributed by atoms with Gasteiger partial charge >= 0.3 is 0 Å². The van der Waals surface area contributed by atoms with Crippen molar-refractivity contribution in [1.82, 2.24) is 19.9 Å². The van der Waals surface area contributed by atoms with Crippen molar-refractivity contribution in [1.29, 1.82) is 0 Å². The fourth-order valence-electron chi connectivity index (χ4n) is 4.18. The Morgan fingerprint density at radius 1 is 0.405 bits per heavy atom. The van der Waals surface area contributed by atoms with E-state index in [0.717, 1.165) is 39.1 Å². The molecule has 0 aliphatic rings. The van der Waals surface area contributed by atoms with Crippen LogP contribution in [0.5, 0.6) is 0 Å². The van der Waals surface area contributed by atoms with Crippen molar-refractivity contribution in [2.24, 2.45) is 0 Å². The van der Waals surface area contributed by atoms with Crippen LogP contribution >= 0.6 is 11.6 Å². The van der Waals surface area contributed by atoms with Crippen LogP contribution in [-0.2, 0) is 0 Å². The predicted molar refractivity (Wildman–Crippen MR) is 150 cm³/mol. The van der Waals surface area contributed by atoms with Crippen LogP contribution in [0.1, 0.15) is 0 Å². The lowest BCUT2D eigenvalue weighted by Gasteiger charge is -2.10. The number of hydrogen-bond donors (Lipinski definition) is 0. The monoisotopic (exact) mass is 496 g/mol. The SMILES string of the molecule is Clc1cccc(-c2cccc(-c3nc(-c4ccccc4)nc(-c4ccc(-c5ccccn5)cc4)n3)c2)c1. The molecule has 0 saturated heterocycles. The molecule has 4 aromatic carbocycles. The molecule has 0 amide bonds. The summed E-state index contributed by atoms with van der Waals surface area (Å²) in [5, 5.41) is 0.700. The van der Waals surface area contributed by atoms with Gasteiger partial charge in [0.1, 0.15) is 0 Å². The van der Waals surface area contributed by atoms with E-state index in [1.54, 1.807) is 6.20 Å². The Morgan fingerprint density at radius 2 is 0.946 bits per heavy atom. The van der Waals surface area contributed by atoms with Gasteiger partial charge in [-0.15, -0.1) is 0 Å². The van der Waals surface area contributed by atoms with Gasteiger partial charge in [0.05, 0.1) is 5.69 Å². The summed E-state index contributed by atoms with van der Waals surface area (Å²) in [4.78, 5) is 19.0. The Labute approximate surface area is 220 Å². The van der Waals surface area contributed by atoms with Crippen LogP contribution in [0.3, 0.4) is 0 Å². The lowest BCUT2D eigenvalue weighted by molar-refractivity contribution is 1.07. The second kappa shape index (κ2) is 10.1. The number of aromatic nitrogens is 4. The average Bonchev–Trinajstić information content (AvgIpc) is 2.98. The fourth-order valence-corrected chi connectivity index (χ4v) is 4.37. The van der Waals surface area contributed by atoms with Crippen molar-refractivity contribution in [2.75, 3.05) is 0 Å². The third-order valence-corrected chi connectivity index (χ3v) is 6.28. The molecule has 0 unspecified atom stereocenters. The molecule has 2 heterocycles. The highest BCUT2D eigenvalue weighted by atomic mass is 35.5. The molecular weight excluding hydrogens is 476 g/mol. The van der Waals surface area contributed by atoms with Gasteiger partial charge in [-0.3, -0.25) is 4.98 Å². The first-order chi connectivity index (χ1) is 18.2. The van der Waals surface area contributed by atoms with Gasteiger partial charge in [-0.2, -0.15) is 0 Å². The molecule has 0 radical (unpaired) electrons. The Balaban J connectivity index is 1.45. The summed E-state index contributed by atoms with van der Waals surface area (Å²) in [6.45, 7) is 0. The maximum atomic E-state index is 6.24. The van der Waals surface area contributed by atoms with E-state index in [4.69, 9.17) is 26.6 Å². The summed E-state index contributed by atoms with van der Waals surface area (Å²) in [5.41, 5.74) is 6.79. The van der Waals surface area contributed by atoms with E-state index in [0.29, 0.717) is 22.5 Å². The van der Waals surface area contributed by atoms with Gasteiger partial charge < -0.3 is 0 Å². The van der Waals surface area contributed by atoms with Crippen LogP contribution in [0, 0.1) is 0 Å². The average molecular weight is 497 g/mol. The van der Waals surface area contributed by atoms with Crippen LogP contribution in [-0.4, -0.2) is 19.9 Å². The quantitative estimate of drug-likeness (QED) is 0.241. The van der Waals surface area contributed by atoms with Gasteiger partial charge in [0.25, 0.3) is 0 Å². The summed E-state index contributed by atoms with van der Waals surface area (Å²) in [6.07, 6.45) is 1.80. The van der Waals surface area contributed by atoms with Gasteiger partial charge in [-0.05, 0) is 41.5 Å². The lowest BCUT2D eigenvalue weighted by atomic mass is 10.0. The van der Waals surface area contributed by atoms with Crippen molar-refractivity contribution in [2.45, 2.75) is 0 Å². The van der Waals surface area contributed by atoms with Gasteiger partial charge in [0, 0.05) is 33.5 Å². The summed E-state index contributed by atoms with van der Waals surface area (Å²) in [5.74, 6) is 1.86. The predicted octanol–water partition coefficient (Wildman–Crippen LogP) is 8.26. The van der Waals surface area contributed by atoms with Crippen LogP contribution < -0.4 is 0 Å². The van der Waals surface area contributed by atoms with Crippen molar-refractivity contribution >= 4 is 11.6 Å². The van der Waals surface area contributed by atoms with E-state index in [1.807, 2.05) is 109 Å². The molecular formula is C32H21ClN4. The second-order valence-electron chi connectivity index (χ2n) is 8.56. The highest BCUT2D eigenvalue weighted by Crippen LogP contribution is 2.29. The zero-order valence-electron chi connectivity index (χ0n) is 19.8. The molecule has 4 nitrogen and oxygen atoms in total. The Hall–Kier alpha value is -4.67. The summed E-state index contributed by atoms with van der Waals surface area (Å²) >= 11 is 6.24. The van der Waals surface area contributed by atoms with Crippen LogP contribution in [0.4, 0.5) is 0 Å². The number of halogens is 1. The third-order valence-electron chi connectivity index (χ3n) is 6.05. The smallest absolute Gasteiger partial charge is 0.164 e. The number of pyridine rings is 1. The first-order valence-corrected chi connectivity index (χ1v) is 12.3. The van der Waals surface area contributed by atoms with Crippen molar-refractivity contribution < 1.29 is 0 Å². The topological polar surface area (TPSA) is 51.6 Å². The van der Waals surface area contributed by atoms with Gasteiger partial charge in [-0.25, -0.2) is 15.0 Å². The maximum Gasteiger partial charge on any atom is 0.164 e. The summed E-state index contributed by atoms with van der Waals surface area (Å²) in [6, 6.07) is 40.0. The molecule has 5 heteroatoms. The van der Waals surface area contributed by atoms with Crippen molar-refractivity contribution in [3.05, 3.63) is 133 Å². The van der Waals surface area contributed by atoms with Gasteiger partial charge in [0.2, 0.25) is 0 Å². The van der Waals surface area contributed by atoms with E-state index in [1.165, 1.54) is 0 Å². The second-order valence-corrected chi connectivity index (χ2v) is 8.99. The first kappa shape index (κ1) is 22.8. The molecule has 0 fully saturated rings. The molecule has 2 aromatic heterocycles. The van der Waals surface area contributed by atoms with Gasteiger partial charge in [0.15, 0.2) is 17.5 Å². The number of benzene rings is 4. The summed E-state index contributed by atoms with van der Waals surface area (Å²) < 4.78 is 0. The Bertz CT molecular complexity index is 1670. The molecule has 0 bridgehead atoms. The third kappa shape index (κ3) is 5.01. The standard InChI is InChI=1S/C32H21ClN4/c33-28-13-7-11-26(21-28)25-10-6-12-27(20-25)32-36-30(23-8-2-1-3-9-23)35-31(37-32)24-17-15-22(16-18-24)29-14-4-5-19-34-29/h1-21H. The molecule has 6 aromatic rings. The van der Waals surface area contributed by atoms with Crippen molar-refractivity contribution in [3.8, 4) is 56.5 Å². The number of hydrogen-bond acceptors (Lipinski definition) is 4. The van der Waals surface area contributed by atoms with E-state index < -0.39 is 0 Å². The van der Waals surface area contributed by atoms with E-state index in [-0.39, 0.29) is 0 Å². The van der Waals surface area contributed by atoms with Crippen LogP contribution in [0.2, 0.25) is 5.02 Å². The van der Waals surface area contributed by atoms with Crippen LogP contribution in [0.15, 0.2) is 128 Å². The van der Waals surface area contributed by atoms with Gasteiger partial charge in [-0.1, -0.05) is 103 Å². The van der Waals surface area contributed by atoms with E-state index in [9.17, 15) is 0 Å². The number of rotatable bonds is 5. The maximum absolute atomic E-state index is 6.24. The molecule has 0 N–H and O–H groups in total. The Kier molecular flexibility index (Phi) is 6.24. The highest BCUT2D eigenvalue weighted by molar-refractivity contribution is 6.30. The molecule has 0 spiro atoms. The van der Waals surface area contributed by atoms with E-state index in [2.05, 4.69) is 17.1 Å². The minimum atomic E-state index is 0.613. The zero-order valence-corrected chi connectivity index (χ0v) is 20.5. The van der Waals surface area contributed by atoms with Crippen molar-refractivity contribution in [3.63, 3.8) is 0 Å². The molecule has 0 atom stereocenters. The summed E-state index contributed by atoms with van der Waals surface area (Å²) in [7, 11) is 0. The fraction of sp³-hybridized carbons (Fsp3) is 0. The minimum absolute atomic E-state index is 0.613. The molecule has 176 valence electrons.